The van der Waals surface area contributed by atoms with E-state index in [0.29, 0.717) is 27.4 Å². The first-order valence-electron chi connectivity index (χ1n) is 6.69. The molecule has 5 nitrogen and oxygen atoms in total. The Morgan fingerprint density at radius 1 is 1.26 bits per heavy atom. The van der Waals surface area contributed by atoms with Gasteiger partial charge >= 0.3 is 5.97 Å². The van der Waals surface area contributed by atoms with Crippen molar-refractivity contribution in [2.24, 2.45) is 0 Å². The first kappa shape index (κ1) is 17.3. The van der Waals surface area contributed by atoms with E-state index in [1.807, 2.05) is 6.92 Å². The van der Waals surface area contributed by atoms with E-state index in [1.165, 1.54) is 18.2 Å². The molecule has 0 saturated heterocycles. The highest BCUT2D eigenvalue weighted by Gasteiger charge is 2.15. The Morgan fingerprint density at radius 3 is 2.61 bits per heavy atom. The van der Waals surface area contributed by atoms with Crippen molar-refractivity contribution in [2.75, 3.05) is 11.9 Å². The number of benzene rings is 2. The molecule has 0 fully saturated rings. The maximum Gasteiger partial charge on any atom is 0.337 e. The smallest absolute Gasteiger partial charge is 0.337 e. The van der Waals surface area contributed by atoms with Gasteiger partial charge in [0.25, 0.3) is 5.91 Å². The molecule has 0 aromatic heterocycles. The summed E-state index contributed by atoms with van der Waals surface area (Å²) in [6.07, 6.45) is 0. The van der Waals surface area contributed by atoms with Gasteiger partial charge in [-0.1, -0.05) is 27.5 Å². The second-order valence-corrected chi connectivity index (χ2v) is 5.85. The monoisotopic (exact) mass is 397 g/mol. The summed E-state index contributed by atoms with van der Waals surface area (Å²) >= 11 is 9.25. The molecule has 0 aliphatic carbocycles. The van der Waals surface area contributed by atoms with Crippen LogP contribution in [-0.4, -0.2) is 23.6 Å². The standard InChI is InChI=1S/C16H13BrClNO4/c1-2-23-14-6-3-9(7-12(14)18)15(20)19-13-5-4-10(17)8-11(13)16(21)22/h3-8H,2H2,1H3,(H,19,20)(H,21,22). The molecular weight excluding hydrogens is 386 g/mol. The molecule has 7 heteroatoms. The summed E-state index contributed by atoms with van der Waals surface area (Å²) in [5.41, 5.74) is 0.498. The summed E-state index contributed by atoms with van der Waals surface area (Å²) in [4.78, 5) is 23.5. The lowest BCUT2D eigenvalue weighted by Crippen LogP contribution is -2.15. The lowest BCUT2D eigenvalue weighted by Gasteiger charge is -2.10. The van der Waals surface area contributed by atoms with E-state index in [2.05, 4.69) is 21.2 Å². The van der Waals surface area contributed by atoms with Gasteiger partial charge in [0.05, 0.1) is 22.9 Å². The van der Waals surface area contributed by atoms with Gasteiger partial charge in [0.15, 0.2) is 0 Å². The molecule has 23 heavy (non-hydrogen) atoms. The Hall–Kier alpha value is -2.05. The van der Waals surface area contributed by atoms with Crippen LogP contribution >= 0.6 is 27.5 Å². The average molecular weight is 399 g/mol. The molecule has 0 aliphatic heterocycles. The van der Waals surface area contributed by atoms with Crippen LogP contribution in [-0.2, 0) is 0 Å². The van der Waals surface area contributed by atoms with Gasteiger partial charge in [-0.25, -0.2) is 4.79 Å². The molecule has 0 saturated carbocycles. The lowest BCUT2D eigenvalue weighted by atomic mass is 10.1. The quantitative estimate of drug-likeness (QED) is 0.780. The highest BCUT2D eigenvalue weighted by Crippen LogP contribution is 2.26. The molecule has 0 bridgehead atoms. The normalized spacial score (nSPS) is 10.2. The molecule has 0 heterocycles. The third kappa shape index (κ3) is 4.24. The van der Waals surface area contributed by atoms with Gasteiger partial charge in [-0.15, -0.1) is 0 Å². The van der Waals surface area contributed by atoms with Crippen molar-refractivity contribution in [1.82, 2.24) is 0 Å². The second kappa shape index (κ2) is 7.48. The van der Waals surface area contributed by atoms with Crippen LogP contribution in [0.2, 0.25) is 5.02 Å². The van der Waals surface area contributed by atoms with E-state index < -0.39 is 11.9 Å². The predicted molar refractivity (Wildman–Crippen MR) is 91.7 cm³/mol. The number of carbonyl (C=O) groups is 2. The fourth-order valence-corrected chi connectivity index (χ4v) is 2.51. The number of rotatable bonds is 5. The van der Waals surface area contributed by atoms with Crippen molar-refractivity contribution >= 4 is 45.1 Å². The van der Waals surface area contributed by atoms with Gasteiger partial charge in [-0.2, -0.15) is 0 Å². The third-order valence-electron chi connectivity index (χ3n) is 2.95. The molecule has 0 atom stereocenters. The van der Waals surface area contributed by atoms with Gasteiger partial charge in [0.1, 0.15) is 5.75 Å². The predicted octanol–water partition coefficient (Wildman–Crippen LogP) is 4.45. The maximum atomic E-state index is 12.3. The zero-order chi connectivity index (χ0) is 17.0. The first-order valence-corrected chi connectivity index (χ1v) is 7.86. The van der Waals surface area contributed by atoms with Crippen LogP contribution in [0.3, 0.4) is 0 Å². The molecule has 120 valence electrons. The van der Waals surface area contributed by atoms with Gasteiger partial charge in [0.2, 0.25) is 0 Å². The number of carbonyl (C=O) groups excluding carboxylic acids is 1. The zero-order valence-electron chi connectivity index (χ0n) is 12.1. The van der Waals surface area contributed by atoms with Crippen LogP contribution in [0.25, 0.3) is 0 Å². The highest BCUT2D eigenvalue weighted by molar-refractivity contribution is 9.10. The number of anilines is 1. The summed E-state index contributed by atoms with van der Waals surface area (Å²) < 4.78 is 5.92. The fourth-order valence-electron chi connectivity index (χ4n) is 1.91. The van der Waals surface area contributed by atoms with Crippen molar-refractivity contribution in [3.8, 4) is 5.75 Å². The topological polar surface area (TPSA) is 75.6 Å². The summed E-state index contributed by atoms with van der Waals surface area (Å²) in [5.74, 6) is -1.10. The van der Waals surface area contributed by atoms with Crippen LogP contribution in [0.5, 0.6) is 5.75 Å². The van der Waals surface area contributed by atoms with Crippen molar-refractivity contribution < 1.29 is 19.4 Å². The highest BCUT2D eigenvalue weighted by atomic mass is 79.9. The number of ether oxygens (including phenoxy) is 1. The first-order chi connectivity index (χ1) is 10.9. The van der Waals surface area contributed by atoms with Crippen molar-refractivity contribution in [3.05, 3.63) is 57.0 Å². The Bertz CT molecular complexity index is 764. The van der Waals surface area contributed by atoms with Crippen molar-refractivity contribution in [2.45, 2.75) is 6.92 Å². The minimum Gasteiger partial charge on any atom is -0.492 e. The van der Waals surface area contributed by atoms with Crippen molar-refractivity contribution in [1.29, 1.82) is 0 Å². The Kier molecular flexibility index (Phi) is 5.63. The summed E-state index contributed by atoms with van der Waals surface area (Å²) in [7, 11) is 0. The van der Waals surface area contributed by atoms with Crippen LogP contribution < -0.4 is 10.1 Å². The van der Waals surface area contributed by atoms with Gasteiger partial charge in [-0.05, 0) is 43.3 Å². The molecule has 2 rings (SSSR count). The Morgan fingerprint density at radius 2 is 2.00 bits per heavy atom. The van der Waals surface area contributed by atoms with E-state index in [9.17, 15) is 14.7 Å². The molecule has 2 N–H and O–H groups in total. The fraction of sp³-hybridized carbons (Fsp3) is 0.125. The lowest BCUT2D eigenvalue weighted by molar-refractivity contribution is 0.0698. The molecule has 0 spiro atoms. The molecule has 2 aromatic carbocycles. The average Bonchev–Trinajstić information content (AvgIpc) is 2.51. The summed E-state index contributed by atoms with van der Waals surface area (Å²) in [5, 5.41) is 12.1. The number of carboxylic acid groups (broad SMARTS) is 1. The van der Waals surface area contributed by atoms with E-state index in [-0.39, 0.29) is 11.3 Å². The molecule has 0 radical (unpaired) electrons. The van der Waals surface area contributed by atoms with Gasteiger partial charge in [0, 0.05) is 10.0 Å². The molecular formula is C16H13BrClNO4. The number of amides is 1. The van der Waals surface area contributed by atoms with E-state index >= 15 is 0 Å². The maximum absolute atomic E-state index is 12.3. The number of nitrogens with one attached hydrogen (secondary N) is 1. The molecule has 1 amide bonds. The number of aromatic carboxylic acids is 1. The summed E-state index contributed by atoms with van der Waals surface area (Å²) in [6, 6.07) is 9.21. The van der Waals surface area contributed by atoms with Crippen molar-refractivity contribution in [3.63, 3.8) is 0 Å². The Labute approximate surface area is 146 Å². The largest absolute Gasteiger partial charge is 0.492 e. The number of halogens is 2. The van der Waals surface area contributed by atoms with Gasteiger partial charge in [-0.3, -0.25) is 4.79 Å². The molecule has 0 unspecified atom stereocenters. The van der Waals surface area contributed by atoms with Crippen LogP contribution in [0.1, 0.15) is 27.6 Å². The molecule has 0 aliphatic rings. The van der Waals surface area contributed by atoms with Crippen LogP contribution in [0.4, 0.5) is 5.69 Å². The third-order valence-corrected chi connectivity index (χ3v) is 3.74. The number of hydrogen-bond donors (Lipinski definition) is 2. The van der Waals surface area contributed by atoms with Crippen LogP contribution in [0, 0.1) is 0 Å². The van der Waals surface area contributed by atoms with E-state index in [0.717, 1.165) is 0 Å². The minimum absolute atomic E-state index is 0.00948. The van der Waals surface area contributed by atoms with E-state index in [1.54, 1.807) is 18.2 Å². The zero-order valence-corrected chi connectivity index (χ0v) is 14.4. The molecule has 2 aromatic rings. The van der Waals surface area contributed by atoms with E-state index in [4.69, 9.17) is 16.3 Å². The van der Waals surface area contributed by atoms with Gasteiger partial charge < -0.3 is 15.2 Å². The second-order valence-electron chi connectivity index (χ2n) is 4.53. The number of hydrogen-bond acceptors (Lipinski definition) is 3. The SMILES string of the molecule is CCOc1ccc(C(=O)Nc2ccc(Br)cc2C(=O)O)cc1Cl. The number of carboxylic acids is 1. The minimum atomic E-state index is -1.13. The summed E-state index contributed by atoms with van der Waals surface area (Å²) in [6.45, 7) is 2.30. The van der Waals surface area contributed by atoms with Crippen LogP contribution in [0.15, 0.2) is 40.9 Å². The Balaban J connectivity index is 2.26.